The molecule has 0 saturated carbocycles. The van der Waals surface area contributed by atoms with Crippen LogP contribution in [0.1, 0.15) is 18.4 Å². The highest BCUT2D eigenvalue weighted by molar-refractivity contribution is 9.10. The molecule has 1 aromatic rings. The standard InChI is InChI=1S/C12H12BrNO/c13-11-4-1-3-10(7-11)12(8-14)5-2-6-15-9-12/h1,3-4,7H,2,5-6,9H2/t12-/m0/s1. The van der Waals surface area contributed by atoms with Gasteiger partial charge in [-0.15, -0.1) is 0 Å². The van der Waals surface area contributed by atoms with Crippen LogP contribution in [0, 0.1) is 11.3 Å². The molecule has 2 nitrogen and oxygen atoms in total. The van der Waals surface area contributed by atoms with Gasteiger partial charge in [0.05, 0.1) is 12.7 Å². The van der Waals surface area contributed by atoms with Crippen LogP contribution >= 0.6 is 15.9 Å². The van der Waals surface area contributed by atoms with Crippen molar-refractivity contribution >= 4 is 15.9 Å². The minimum Gasteiger partial charge on any atom is -0.379 e. The van der Waals surface area contributed by atoms with Crippen molar-refractivity contribution in [2.75, 3.05) is 13.2 Å². The number of halogens is 1. The zero-order valence-corrected chi connectivity index (χ0v) is 9.96. The molecule has 1 saturated heterocycles. The number of hydrogen-bond acceptors (Lipinski definition) is 2. The smallest absolute Gasteiger partial charge is 0.106 e. The van der Waals surface area contributed by atoms with Crippen LogP contribution in [-0.4, -0.2) is 13.2 Å². The third kappa shape index (κ3) is 2.06. The highest BCUT2D eigenvalue weighted by Crippen LogP contribution is 2.33. The SMILES string of the molecule is N#C[C@@]1(c2cccc(Br)c2)CCCOC1. The number of nitrogens with zero attached hydrogens (tertiary/aromatic N) is 1. The molecule has 1 heterocycles. The van der Waals surface area contributed by atoms with Crippen LogP contribution in [0.15, 0.2) is 28.7 Å². The lowest BCUT2D eigenvalue weighted by Crippen LogP contribution is -2.34. The van der Waals surface area contributed by atoms with E-state index in [1.165, 1.54) is 0 Å². The van der Waals surface area contributed by atoms with Crippen LogP contribution in [0.5, 0.6) is 0 Å². The maximum atomic E-state index is 9.34. The van der Waals surface area contributed by atoms with Gasteiger partial charge in [-0.25, -0.2) is 0 Å². The van der Waals surface area contributed by atoms with Gasteiger partial charge in [-0.3, -0.25) is 0 Å². The van der Waals surface area contributed by atoms with Gasteiger partial charge in [0.15, 0.2) is 0 Å². The fraction of sp³-hybridized carbons (Fsp3) is 0.417. The highest BCUT2D eigenvalue weighted by atomic mass is 79.9. The van der Waals surface area contributed by atoms with E-state index in [2.05, 4.69) is 22.0 Å². The van der Waals surface area contributed by atoms with Gasteiger partial charge < -0.3 is 4.74 Å². The minimum atomic E-state index is -0.442. The molecule has 1 aliphatic rings. The van der Waals surface area contributed by atoms with E-state index in [1.807, 2.05) is 24.3 Å². The van der Waals surface area contributed by atoms with Crippen LogP contribution < -0.4 is 0 Å². The first kappa shape index (κ1) is 10.7. The van der Waals surface area contributed by atoms with Gasteiger partial charge in [0.25, 0.3) is 0 Å². The van der Waals surface area contributed by atoms with E-state index in [1.54, 1.807) is 0 Å². The molecule has 1 aromatic carbocycles. The first-order valence-corrected chi connectivity index (χ1v) is 5.81. The molecule has 1 atom stereocenters. The average molecular weight is 266 g/mol. The summed E-state index contributed by atoms with van der Waals surface area (Å²) in [6.07, 6.45) is 1.85. The van der Waals surface area contributed by atoms with Crippen LogP contribution in [0.4, 0.5) is 0 Å². The largest absolute Gasteiger partial charge is 0.379 e. The zero-order chi connectivity index (χ0) is 10.7. The monoisotopic (exact) mass is 265 g/mol. The Balaban J connectivity index is 2.37. The third-order valence-corrected chi connectivity index (χ3v) is 3.33. The third-order valence-electron chi connectivity index (χ3n) is 2.83. The van der Waals surface area contributed by atoms with Crippen LogP contribution in [0.25, 0.3) is 0 Å². The van der Waals surface area contributed by atoms with Crippen molar-refractivity contribution in [1.82, 2.24) is 0 Å². The summed E-state index contributed by atoms with van der Waals surface area (Å²) in [5.41, 5.74) is 0.612. The Hall–Kier alpha value is -0.850. The number of ether oxygens (including phenoxy) is 1. The Bertz CT molecular complexity index is 391. The van der Waals surface area contributed by atoms with E-state index in [0.717, 1.165) is 29.5 Å². The molecule has 3 heteroatoms. The Labute approximate surface area is 98.0 Å². The second kappa shape index (κ2) is 4.34. The maximum Gasteiger partial charge on any atom is 0.106 e. The molecule has 0 aliphatic carbocycles. The highest BCUT2D eigenvalue weighted by Gasteiger charge is 2.34. The molecule has 1 fully saturated rings. The van der Waals surface area contributed by atoms with Crippen molar-refractivity contribution in [3.05, 3.63) is 34.3 Å². The second-order valence-corrected chi connectivity index (χ2v) is 4.78. The topological polar surface area (TPSA) is 33.0 Å². The second-order valence-electron chi connectivity index (χ2n) is 3.86. The van der Waals surface area contributed by atoms with Gasteiger partial charge in [-0.2, -0.15) is 5.26 Å². The summed E-state index contributed by atoms with van der Waals surface area (Å²) < 4.78 is 6.45. The number of rotatable bonds is 1. The molecule has 0 N–H and O–H groups in total. The van der Waals surface area contributed by atoms with Crippen molar-refractivity contribution in [1.29, 1.82) is 5.26 Å². The molecule has 0 spiro atoms. The maximum absolute atomic E-state index is 9.34. The zero-order valence-electron chi connectivity index (χ0n) is 8.37. The van der Waals surface area contributed by atoms with E-state index in [9.17, 15) is 5.26 Å². The summed E-state index contributed by atoms with van der Waals surface area (Å²) in [6, 6.07) is 10.4. The molecule has 0 bridgehead atoms. The molecule has 15 heavy (non-hydrogen) atoms. The molecular weight excluding hydrogens is 254 g/mol. The van der Waals surface area contributed by atoms with Crippen molar-refractivity contribution in [3.8, 4) is 6.07 Å². The quantitative estimate of drug-likeness (QED) is 0.782. The van der Waals surface area contributed by atoms with Gasteiger partial charge in [0, 0.05) is 11.1 Å². The molecular formula is C12H12BrNO. The number of nitriles is 1. The Morgan fingerprint density at radius 1 is 1.47 bits per heavy atom. The van der Waals surface area contributed by atoms with E-state index < -0.39 is 5.41 Å². The number of hydrogen-bond donors (Lipinski definition) is 0. The minimum absolute atomic E-state index is 0.442. The molecule has 0 unspecified atom stereocenters. The summed E-state index contributed by atoms with van der Waals surface area (Å²) in [7, 11) is 0. The van der Waals surface area contributed by atoms with E-state index >= 15 is 0 Å². The Morgan fingerprint density at radius 2 is 2.33 bits per heavy atom. The van der Waals surface area contributed by atoms with Gasteiger partial charge in [0.1, 0.15) is 5.41 Å². The molecule has 0 radical (unpaired) electrons. The van der Waals surface area contributed by atoms with Crippen LogP contribution in [0.2, 0.25) is 0 Å². The lowest BCUT2D eigenvalue weighted by atomic mass is 9.78. The van der Waals surface area contributed by atoms with Gasteiger partial charge in [-0.1, -0.05) is 28.1 Å². The van der Waals surface area contributed by atoms with E-state index in [4.69, 9.17) is 4.74 Å². The molecule has 2 rings (SSSR count). The summed E-state index contributed by atoms with van der Waals surface area (Å²) in [4.78, 5) is 0. The first-order valence-electron chi connectivity index (χ1n) is 5.02. The number of benzene rings is 1. The van der Waals surface area contributed by atoms with Crippen molar-refractivity contribution in [3.63, 3.8) is 0 Å². The predicted octanol–water partition coefficient (Wildman–Crippen LogP) is 3.02. The van der Waals surface area contributed by atoms with Crippen molar-refractivity contribution in [2.24, 2.45) is 0 Å². The lowest BCUT2D eigenvalue weighted by molar-refractivity contribution is 0.0563. The van der Waals surface area contributed by atoms with Crippen LogP contribution in [0.3, 0.4) is 0 Å². The Kier molecular flexibility index (Phi) is 3.08. The van der Waals surface area contributed by atoms with Gasteiger partial charge in [0.2, 0.25) is 0 Å². The summed E-state index contributed by atoms with van der Waals surface area (Å²) >= 11 is 3.43. The Morgan fingerprint density at radius 3 is 2.93 bits per heavy atom. The van der Waals surface area contributed by atoms with Crippen molar-refractivity contribution in [2.45, 2.75) is 18.3 Å². The summed E-state index contributed by atoms with van der Waals surface area (Å²) in [5, 5.41) is 9.34. The van der Waals surface area contributed by atoms with Crippen molar-refractivity contribution < 1.29 is 4.74 Å². The molecule has 0 amide bonds. The predicted molar refractivity (Wildman–Crippen MR) is 61.5 cm³/mol. The first-order chi connectivity index (χ1) is 7.27. The van der Waals surface area contributed by atoms with Gasteiger partial charge in [-0.05, 0) is 30.5 Å². The van der Waals surface area contributed by atoms with Crippen LogP contribution in [-0.2, 0) is 10.2 Å². The summed E-state index contributed by atoms with van der Waals surface area (Å²) in [5.74, 6) is 0. The lowest BCUT2D eigenvalue weighted by Gasteiger charge is -2.31. The normalized spacial score (nSPS) is 25.9. The summed E-state index contributed by atoms with van der Waals surface area (Å²) in [6.45, 7) is 1.29. The average Bonchev–Trinajstić information content (AvgIpc) is 2.30. The fourth-order valence-corrected chi connectivity index (χ4v) is 2.36. The molecule has 0 aromatic heterocycles. The fourth-order valence-electron chi connectivity index (χ4n) is 1.96. The van der Waals surface area contributed by atoms with E-state index in [-0.39, 0.29) is 0 Å². The van der Waals surface area contributed by atoms with E-state index in [0.29, 0.717) is 6.61 Å². The van der Waals surface area contributed by atoms with Gasteiger partial charge >= 0.3 is 0 Å². The molecule has 78 valence electrons. The molecule has 1 aliphatic heterocycles.